The highest BCUT2D eigenvalue weighted by molar-refractivity contribution is 5.24. The molecule has 0 spiro atoms. The maximum atomic E-state index is 5.66. The molecule has 1 aliphatic rings. The minimum Gasteiger partial charge on any atom is -0.384 e. The number of likely N-dealkylation sites (tertiary alicyclic amines) is 1. The van der Waals surface area contributed by atoms with Crippen LogP contribution in [0.2, 0.25) is 0 Å². The zero-order valence-electron chi connectivity index (χ0n) is 10.6. The lowest BCUT2D eigenvalue weighted by Gasteiger charge is -2.35. The van der Waals surface area contributed by atoms with Gasteiger partial charge in [0.25, 0.3) is 0 Å². The summed E-state index contributed by atoms with van der Waals surface area (Å²) in [5.41, 5.74) is 5.66. The Morgan fingerprint density at radius 3 is 3.12 bits per heavy atom. The number of nitrogens with zero attached hydrogens (tertiary/aromatic N) is 4. The Hall–Kier alpha value is -1.20. The van der Waals surface area contributed by atoms with Crippen LogP contribution in [0.25, 0.3) is 0 Å². The van der Waals surface area contributed by atoms with Gasteiger partial charge in [0.2, 0.25) is 0 Å². The average molecular weight is 235 g/mol. The van der Waals surface area contributed by atoms with Crippen LogP contribution in [-0.4, -0.2) is 53.0 Å². The molecule has 17 heavy (non-hydrogen) atoms. The molecule has 1 aromatic rings. The molecular weight excluding hydrogens is 214 g/mol. The predicted molar refractivity (Wildman–Crippen MR) is 68.4 cm³/mol. The molecule has 0 amide bonds. The number of piperidine rings is 1. The Bertz CT molecular complexity index is 368. The van der Waals surface area contributed by atoms with E-state index in [1.807, 2.05) is 0 Å². The van der Waals surface area contributed by atoms with Gasteiger partial charge in [-0.2, -0.15) is 0 Å². The summed E-state index contributed by atoms with van der Waals surface area (Å²) in [6.07, 6.45) is 4.24. The molecule has 1 atom stereocenters. The Labute approximate surface area is 103 Å². The van der Waals surface area contributed by atoms with Crippen LogP contribution in [0.15, 0.2) is 12.3 Å². The van der Waals surface area contributed by atoms with Gasteiger partial charge in [-0.15, -0.1) is 0 Å². The molecule has 1 aliphatic heterocycles. The minimum atomic E-state index is 0.546. The molecule has 1 fully saturated rings. The molecule has 0 saturated carbocycles. The summed E-state index contributed by atoms with van der Waals surface area (Å²) in [4.78, 5) is 13.2. The first-order valence-corrected chi connectivity index (χ1v) is 6.11. The highest BCUT2D eigenvalue weighted by Gasteiger charge is 2.21. The number of nitrogens with two attached hydrogens (primary N) is 1. The predicted octanol–water partition coefficient (Wildman–Crippen LogP) is 0.585. The molecule has 0 aliphatic carbocycles. The third-order valence-electron chi connectivity index (χ3n) is 3.34. The van der Waals surface area contributed by atoms with E-state index in [2.05, 4.69) is 33.9 Å². The van der Waals surface area contributed by atoms with E-state index >= 15 is 0 Å². The van der Waals surface area contributed by atoms with Crippen molar-refractivity contribution in [2.45, 2.75) is 25.4 Å². The smallest absolute Gasteiger partial charge is 0.144 e. The fraction of sp³-hybridized carbons (Fsp3) is 0.667. The third-order valence-corrected chi connectivity index (χ3v) is 3.34. The van der Waals surface area contributed by atoms with Gasteiger partial charge in [0.15, 0.2) is 0 Å². The van der Waals surface area contributed by atoms with Crippen molar-refractivity contribution >= 4 is 5.82 Å². The summed E-state index contributed by atoms with van der Waals surface area (Å²) in [5.74, 6) is 1.35. The van der Waals surface area contributed by atoms with Crippen LogP contribution in [0.5, 0.6) is 0 Å². The first kappa shape index (κ1) is 12.3. The van der Waals surface area contributed by atoms with Gasteiger partial charge in [-0.05, 0) is 39.5 Å². The molecule has 0 bridgehead atoms. The summed E-state index contributed by atoms with van der Waals surface area (Å²) >= 11 is 0. The molecule has 0 aromatic carbocycles. The van der Waals surface area contributed by atoms with Crippen LogP contribution in [-0.2, 0) is 6.54 Å². The zero-order valence-corrected chi connectivity index (χ0v) is 10.6. The molecule has 1 saturated heterocycles. The monoisotopic (exact) mass is 235 g/mol. The van der Waals surface area contributed by atoms with Crippen molar-refractivity contribution in [3.05, 3.63) is 18.1 Å². The van der Waals surface area contributed by atoms with Crippen molar-refractivity contribution in [1.29, 1.82) is 0 Å². The molecule has 94 valence electrons. The van der Waals surface area contributed by atoms with Crippen molar-refractivity contribution in [3.8, 4) is 0 Å². The fourth-order valence-corrected chi connectivity index (χ4v) is 2.34. The molecule has 1 unspecified atom stereocenters. The minimum absolute atomic E-state index is 0.546. The number of hydrogen-bond acceptors (Lipinski definition) is 5. The summed E-state index contributed by atoms with van der Waals surface area (Å²) in [5, 5.41) is 0. The van der Waals surface area contributed by atoms with Crippen LogP contribution < -0.4 is 5.73 Å². The van der Waals surface area contributed by atoms with Gasteiger partial charge in [0.1, 0.15) is 11.6 Å². The van der Waals surface area contributed by atoms with Crippen molar-refractivity contribution in [2.24, 2.45) is 0 Å². The summed E-state index contributed by atoms with van der Waals surface area (Å²) in [6, 6.07) is 2.32. The highest BCUT2D eigenvalue weighted by Crippen LogP contribution is 2.14. The van der Waals surface area contributed by atoms with E-state index in [1.165, 1.54) is 19.4 Å². The van der Waals surface area contributed by atoms with Gasteiger partial charge in [0, 0.05) is 18.8 Å². The maximum absolute atomic E-state index is 5.66. The van der Waals surface area contributed by atoms with E-state index in [0.29, 0.717) is 11.9 Å². The third kappa shape index (κ3) is 3.38. The average Bonchev–Trinajstić information content (AvgIpc) is 2.29. The number of aromatic nitrogens is 2. The summed E-state index contributed by atoms with van der Waals surface area (Å²) in [6.45, 7) is 3.10. The molecule has 0 radical (unpaired) electrons. The van der Waals surface area contributed by atoms with Gasteiger partial charge >= 0.3 is 0 Å². The van der Waals surface area contributed by atoms with Crippen molar-refractivity contribution in [1.82, 2.24) is 19.8 Å². The molecule has 2 N–H and O–H groups in total. The number of nitrogen functional groups attached to an aromatic ring is 1. The second-order valence-electron chi connectivity index (χ2n) is 4.87. The van der Waals surface area contributed by atoms with Gasteiger partial charge in [-0.25, -0.2) is 9.97 Å². The zero-order chi connectivity index (χ0) is 12.3. The standard InChI is InChI=1S/C12H21N5/c1-16-7-3-4-10(8-16)17(2)9-12-14-6-5-11(13)15-12/h5-6,10H,3-4,7-9H2,1-2H3,(H2,13,14,15). The number of anilines is 1. The van der Waals surface area contributed by atoms with Crippen LogP contribution in [0, 0.1) is 0 Å². The summed E-state index contributed by atoms with van der Waals surface area (Å²) in [7, 11) is 4.31. The molecular formula is C12H21N5. The lowest BCUT2D eigenvalue weighted by Crippen LogP contribution is -2.44. The van der Waals surface area contributed by atoms with Gasteiger partial charge in [-0.3, -0.25) is 4.90 Å². The first-order chi connectivity index (χ1) is 8.15. The SMILES string of the molecule is CN1CCCC(N(C)Cc2nccc(N)n2)C1. The Balaban J connectivity index is 1.94. The van der Waals surface area contributed by atoms with Crippen molar-refractivity contribution in [3.63, 3.8) is 0 Å². The normalized spacial score (nSPS) is 21.9. The highest BCUT2D eigenvalue weighted by atomic mass is 15.2. The Morgan fingerprint density at radius 2 is 2.41 bits per heavy atom. The van der Waals surface area contributed by atoms with E-state index in [-0.39, 0.29) is 0 Å². The number of hydrogen-bond donors (Lipinski definition) is 1. The fourth-order valence-electron chi connectivity index (χ4n) is 2.34. The molecule has 1 aromatic heterocycles. The van der Waals surface area contributed by atoms with Crippen molar-refractivity contribution < 1.29 is 0 Å². The van der Waals surface area contributed by atoms with Crippen LogP contribution in [0.3, 0.4) is 0 Å². The quantitative estimate of drug-likeness (QED) is 0.830. The van der Waals surface area contributed by atoms with E-state index in [0.717, 1.165) is 18.9 Å². The molecule has 5 nitrogen and oxygen atoms in total. The van der Waals surface area contributed by atoms with E-state index in [1.54, 1.807) is 12.3 Å². The van der Waals surface area contributed by atoms with Gasteiger partial charge in [0.05, 0.1) is 6.54 Å². The second-order valence-corrected chi connectivity index (χ2v) is 4.87. The van der Waals surface area contributed by atoms with Crippen LogP contribution >= 0.6 is 0 Å². The van der Waals surface area contributed by atoms with E-state index < -0.39 is 0 Å². The second kappa shape index (κ2) is 5.42. The lowest BCUT2D eigenvalue weighted by molar-refractivity contribution is 0.127. The topological polar surface area (TPSA) is 58.3 Å². The lowest BCUT2D eigenvalue weighted by atomic mass is 10.1. The van der Waals surface area contributed by atoms with Crippen molar-refractivity contribution in [2.75, 3.05) is 32.9 Å². The molecule has 5 heteroatoms. The Morgan fingerprint density at radius 1 is 1.59 bits per heavy atom. The largest absolute Gasteiger partial charge is 0.384 e. The summed E-state index contributed by atoms with van der Waals surface area (Å²) < 4.78 is 0. The van der Waals surface area contributed by atoms with Gasteiger partial charge < -0.3 is 10.6 Å². The molecule has 2 rings (SSSR count). The van der Waals surface area contributed by atoms with Crippen LogP contribution in [0.1, 0.15) is 18.7 Å². The number of likely N-dealkylation sites (N-methyl/N-ethyl adjacent to an activating group) is 2. The van der Waals surface area contributed by atoms with Crippen LogP contribution in [0.4, 0.5) is 5.82 Å². The van der Waals surface area contributed by atoms with E-state index in [9.17, 15) is 0 Å². The molecule has 2 heterocycles. The number of rotatable bonds is 3. The maximum Gasteiger partial charge on any atom is 0.144 e. The Kier molecular flexibility index (Phi) is 3.91. The van der Waals surface area contributed by atoms with E-state index in [4.69, 9.17) is 5.73 Å². The van der Waals surface area contributed by atoms with Gasteiger partial charge in [-0.1, -0.05) is 0 Å². The first-order valence-electron chi connectivity index (χ1n) is 6.11.